The van der Waals surface area contributed by atoms with Crippen molar-refractivity contribution in [3.8, 4) is 6.07 Å². The van der Waals surface area contributed by atoms with Crippen LogP contribution in [0.15, 0.2) is 54.7 Å². The fraction of sp³-hybridized carbons (Fsp3) is 0.366. The van der Waals surface area contributed by atoms with Crippen LogP contribution in [0.2, 0.25) is 10.3 Å². The molecule has 2 aliphatic rings. The number of aldehydes is 1. The molecule has 0 atom stereocenters. The van der Waals surface area contributed by atoms with E-state index in [4.69, 9.17) is 33.6 Å². The molecular formula is C41H47Ac2Cl2N11O3S-2. The molecule has 2 saturated heterocycles. The minimum absolute atomic E-state index is 0. The molecule has 0 bridgehead atoms. The third-order valence-electron chi connectivity index (χ3n) is 8.36. The predicted octanol–water partition coefficient (Wildman–Crippen LogP) is 8.14. The topological polar surface area (TPSA) is 189 Å². The molecule has 5 aromatic heterocycles. The van der Waals surface area contributed by atoms with Gasteiger partial charge in [-0.2, -0.15) is 5.26 Å². The normalized spacial score (nSPS) is 13.5. The number of rotatable bonds is 8. The fourth-order valence-electron chi connectivity index (χ4n) is 6.00. The maximum Gasteiger partial charge on any atom is 0.335 e. The summed E-state index contributed by atoms with van der Waals surface area (Å²) in [5.74, 6) is -0.215. The van der Waals surface area contributed by atoms with Crippen LogP contribution in [0.3, 0.4) is 0 Å². The van der Waals surface area contributed by atoms with Crippen molar-refractivity contribution >= 4 is 57.7 Å². The molecule has 60 heavy (non-hydrogen) atoms. The summed E-state index contributed by atoms with van der Waals surface area (Å²) >= 11 is 12.4. The molecular weight excluding hydrogens is 1250 g/mol. The molecule has 7 heterocycles. The molecule has 0 unspecified atom stereocenters. The first-order valence-electron chi connectivity index (χ1n) is 18.5. The van der Waals surface area contributed by atoms with Gasteiger partial charge >= 0.3 is 5.97 Å². The molecule has 0 aromatic carbocycles. The maximum atomic E-state index is 10.4. The van der Waals surface area contributed by atoms with E-state index in [1.807, 2.05) is 13.0 Å². The molecule has 0 amide bonds. The predicted molar refractivity (Wildman–Crippen MR) is 230 cm³/mol. The van der Waals surface area contributed by atoms with E-state index < -0.39 is 5.97 Å². The van der Waals surface area contributed by atoms with Crippen molar-refractivity contribution in [3.05, 3.63) is 131 Å². The Morgan fingerprint density at radius 2 is 1.25 bits per heavy atom. The van der Waals surface area contributed by atoms with Crippen molar-refractivity contribution in [2.75, 3.05) is 57.7 Å². The summed E-state index contributed by atoms with van der Waals surface area (Å²) in [6.07, 6.45) is 2.32. The Kier molecular flexibility index (Phi) is 25.8. The summed E-state index contributed by atoms with van der Waals surface area (Å²) in [5.41, 5.74) is 7.91. The average Bonchev–Trinajstić information content (AvgIpc) is 3.62. The summed E-state index contributed by atoms with van der Waals surface area (Å²) < 4.78 is 0. The van der Waals surface area contributed by atoms with Gasteiger partial charge in [0.05, 0.1) is 11.8 Å². The number of nitrogens with one attached hydrogen (secondary N) is 1. The summed E-state index contributed by atoms with van der Waals surface area (Å²) in [6, 6.07) is 16.6. The molecule has 19 heteroatoms. The Morgan fingerprint density at radius 1 is 0.767 bits per heavy atom. The van der Waals surface area contributed by atoms with Crippen LogP contribution in [-0.2, 0) is 13.1 Å². The third kappa shape index (κ3) is 20.4. The molecule has 2 radical (unpaired) electrons. The second-order valence-electron chi connectivity index (χ2n) is 13.5. The van der Waals surface area contributed by atoms with Crippen molar-refractivity contribution in [2.24, 2.45) is 0 Å². The number of piperazine rings is 2. The zero-order valence-electron chi connectivity index (χ0n) is 34.4. The van der Waals surface area contributed by atoms with Gasteiger partial charge in [0.15, 0.2) is 5.13 Å². The molecule has 0 aliphatic carbocycles. The van der Waals surface area contributed by atoms with Crippen molar-refractivity contribution in [2.45, 2.75) is 47.7 Å². The van der Waals surface area contributed by atoms with Crippen LogP contribution in [0.4, 0.5) is 10.9 Å². The Balaban J connectivity index is 0.000000287. The van der Waals surface area contributed by atoms with Gasteiger partial charge in [-0.15, -0.1) is 26.2 Å². The smallest absolute Gasteiger partial charge is 0.335 e. The van der Waals surface area contributed by atoms with Gasteiger partial charge in [-0.3, -0.25) is 9.78 Å². The SMILES string of the molecule is Cc1cc(C(=O)O)cc(Cl)n1.Cc1cc(C=O)cc(Cl)n1.Cc1cc(CN2CC[N-]CC2)cc(C)n1.Cc1cc(CN2CC[N-]CC2)cc(Nc2ncc(C#N)s2)n1.[Ac].[Ac]. The zero-order valence-corrected chi connectivity index (χ0v) is 46.2. The number of hydrogen-bond donors (Lipinski definition) is 2. The Morgan fingerprint density at radius 3 is 1.72 bits per heavy atom. The standard InChI is InChI=1S/C15H17N6S.C12H18N3.C7H6ClNO2.C7H6ClNO.2Ac/c1-11-6-12(10-21-4-2-17-3-5-21)7-14(19-11)20-15-18-9-13(8-16)22-15;1-10-7-12(8-11(2)14-10)9-15-5-3-13-4-6-15;1-4-2-5(7(10)11)3-6(8)9-4;1-5-2-6(4-10)3-7(8)9-5;;/h6-7,9H,2-5,10H2,1H3,(H,18,19,20);7-8H,3-6,9H2,1-2H3;2-3H,1H3,(H,10,11);2-4H,1H3;;/q2*-1;;;;. The fourth-order valence-corrected chi connectivity index (χ4v) is 7.13. The van der Waals surface area contributed by atoms with E-state index in [0.29, 0.717) is 26.4 Å². The van der Waals surface area contributed by atoms with E-state index in [1.54, 1.807) is 26.1 Å². The first-order chi connectivity index (χ1) is 27.8. The molecule has 2 fully saturated rings. The minimum atomic E-state index is -0.989. The number of aryl methyl sites for hydroxylation is 5. The quantitative estimate of drug-likeness (QED) is 0.112. The number of aromatic nitrogens is 5. The van der Waals surface area contributed by atoms with Crippen molar-refractivity contribution < 1.29 is 103 Å². The van der Waals surface area contributed by atoms with Crippen molar-refractivity contribution in [1.82, 2.24) is 34.7 Å². The van der Waals surface area contributed by atoms with Gasteiger partial charge in [0, 0.05) is 135 Å². The van der Waals surface area contributed by atoms with Crippen LogP contribution in [-0.4, -0.2) is 104 Å². The molecule has 0 spiro atoms. The van der Waals surface area contributed by atoms with Crippen LogP contribution in [0.25, 0.3) is 10.6 Å². The van der Waals surface area contributed by atoms with E-state index in [0.717, 1.165) is 100 Å². The minimum Gasteiger partial charge on any atom is -0.660 e. The first-order valence-corrected chi connectivity index (χ1v) is 20.1. The first kappa shape index (κ1) is 54.1. The number of aromatic carboxylic acids is 1. The number of hydrogen-bond acceptors (Lipinski definition) is 12. The van der Waals surface area contributed by atoms with Crippen molar-refractivity contribution in [3.63, 3.8) is 0 Å². The summed E-state index contributed by atoms with van der Waals surface area (Å²) in [5, 5.41) is 30.6. The van der Waals surface area contributed by atoms with E-state index in [1.165, 1.54) is 40.7 Å². The number of anilines is 2. The summed E-state index contributed by atoms with van der Waals surface area (Å²) in [4.78, 5) is 46.9. The molecule has 312 valence electrons. The number of carbonyl (C=O) groups excluding carboxylic acids is 1. The van der Waals surface area contributed by atoms with Crippen molar-refractivity contribution in [1.29, 1.82) is 5.26 Å². The number of nitriles is 1. The maximum absolute atomic E-state index is 10.4. The van der Waals surface area contributed by atoms with E-state index in [9.17, 15) is 9.59 Å². The second-order valence-corrected chi connectivity index (χ2v) is 15.3. The van der Waals surface area contributed by atoms with Gasteiger partial charge in [0.25, 0.3) is 0 Å². The van der Waals surface area contributed by atoms with Gasteiger partial charge in [0.2, 0.25) is 0 Å². The van der Waals surface area contributed by atoms with E-state index in [2.05, 4.69) is 88.8 Å². The number of thiazole rings is 1. The average molecular weight is 1300 g/mol. The van der Waals surface area contributed by atoms with Crippen LogP contribution >= 0.6 is 34.5 Å². The van der Waals surface area contributed by atoms with Gasteiger partial charge < -0.3 is 30.9 Å². The molecule has 5 aromatic rings. The zero-order chi connectivity index (χ0) is 42.0. The number of nitrogens with zero attached hydrogens (tertiary/aromatic N) is 10. The number of carboxylic acids is 1. The second kappa shape index (κ2) is 28.6. The Hall–Kier alpha value is -2.04. The number of pyridine rings is 4. The number of halogens is 2. The number of carboxylic acid groups (broad SMARTS) is 1. The summed E-state index contributed by atoms with van der Waals surface area (Å²) in [7, 11) is 0. The van der Waals surface area contributed by atoms with Crippen LogP contribution < -0.4 is 5.32 Å². The van der Waals surface area contributed by atoms with E-state index in [-0.39, 0.29) is 98.8 Å². The summed E-state index contributed by atoms with van der Waals surface area (Å²) in [6.45, 7) is 19.6. The van der Waals surface area contributed by atoms with Gasteiger partial charge in [0.1, 0.15) is 33.4 Å². The van der Waals surface area contributed by atoms with Crippen LogP contribution in [0.1, 0.15) is 65.2 Å². The molecule has 14 nitrogen and oxygen atoms in total. The molecule has 2 N–H and O–H groups in total. The van der Waals surface area contributed by atoms with E-state index >= 15 is 0 Å². The molecule has 0 saturated carbocycles. The largest absolute Gasteiger partial charge is 0.660 e. The monoisotopic (exact) mass is 1300 g/mol. The Bertz CT molecular complexity index is 2120. The van der Waals surface area contributed by atoms with Crippen LogP contribution in [0.5, 0.6) is 0 Å². The molecule has 2 aliphatic heterocycles. The Labute approximate surface area is 437 Å². The van der Waals surface area contributed by atoms with Crippen LogP contribution in [0, 0.1) is 134 Å². The van der Waals surface area contributed by atoms with Gasteiger partial charge in [-0.1, -0.05) is 34.5 Å². The number of carbonyl (C=O) groups is 2. The molecule has 7 rings (SSSR count). The van der Waals surface area contributed by atoms with Gasteiger partial charge in [-0.25, -0.2) is 24.7 Å². The third-order valence-corrected chi connectivity index (χ3v) is 9.57. The van der Waals surface area contributed by atoms with Gasteiger partial charge in [-0.05, 0) is 120 Å².